The number of carbonyl (C=O) groups is 1. The number of aromatic nitrogens is 1. The van der Waals surface area contributed by atoms with Gasteiger partial charge in [-0.2, -0.15) is 0 Å². The van der Waals surface area contributed by atoms with Crippen molar-refractivity contribution >= 4 is 22.9 Å². The fourth-order valence-corrected chi connectivity index (χ4v) is 2.70. The molecule has 2 N–H and O–H groups in total. The molecule has 2 aromatic rings. The average molecular weight is 305 g/mol. The lowest BCUT2D eigenvalue weighted by Crippen LogP contribution is -2.27. The molecule has 5 nitrogen and oxygen atoms in total. The van der Waals surface area contributed by atoms with Crippen LogP contribution < -0.4 is 10.5 Å². The molecule has 1 heterocycles. The van der Waals surface area contributed by atoms with Crippen LogP contribution >= 0.6 is 11.3 Å². The molecule has 0 aliphatic rings. The Labute approximate surface area is 128 Å². The zero-order chi connectivity index (χ0) is 15.2. The summed E-state index contributed by atoms with van der Waals surface area (Å²) in [5, 5.41) is 1.01. The molecule has 0 bridgehead atoms. The van der Waals surface area contributed by atoms with Crippen molar-refractivity contribution in [1.82, 2.24) is 9.88 Å². The Kier molecular flexibility index (Phi) is 5.16. The third kappa shape index (κ3) is 4.75. The lowest BCUT2D eigenvalue weighted by atomic mass is 10.3. The summed E-state index contributed by atoms with van der Waals surface area (Å²) >= 11 is 1.61. The molecule has 21 heavy (non-hydrogen) atoms. The van der Waals surface area contributed by atoms with Gasteiger partial charge in [0.2, 0.25) is 5.91 Å². The quantitative estimate of drug-likeness (QED) is 0.832. The van der Waals surface area contributed by atoms with Crippen molar-refractivity contribution < 1.29 is 9.53 Å². The molecule has 112 valence electrons. The number of nitrogens with zero attached hydrogens (tertiary/aromatic N) is 2. The first-order valence-corrected chi connectivity index (χ1v) is 7.50. The van der Waals surface area contributed by atoms with Crippen molar-refractivity contribution in [2.75, 3.05) is 19.4 Å². The molecule has 6 heteroatoms. The first kappa shape index (κ1) is 15.3. The molecule has 0 aliphatic heterocycles. The van der Waals surface area contributed by atoms with E-state index in [0.717, 1.165) is 9.88 Å². The molecule has 1 amide bonds. The van der Waals surface area contributed by atoms with Crippen molar-refractivity contribution in [3.8, 4) is 5.75 Å². The highest BCUT2D eigenvalue weighted by molar-refractivity contribution is 7.11. The highest BCUT2D eigenvalue weighted by atomic mass is 32.1. The van der Waals surface area contributed by atoms with Crippen molar-refractivity contribution in [2.24, 2.45) is 0 Å². The summed E-state index contributed by atoms with van der Waals surface area (Å²) in [6.45, 7) is 2.88. The van der Waals surface area contributed by atoms with Crippen molar-refractivity contribution in [1.29, 1.82) is 0 Å². The van der Waals surface area contributed by atoms with Gasteiger partial charge in [-0.05, 0) is 19.1 Å². The molecule has 2 rings (SSSR count). The summed E-state index contributed by atoms with van der Waals surface area (Å²) in [5.41, 5.74) is 6.32. The normalized spacial score (nSPS) is 10.4. The van der Waals surface area contributed by atoms with Gasteiger partial charge in [0, 0.05) is 29.9 Å². The molecule has 0 spiro atoms. The van der Waals surface area contributed by atoms with Gasteiger partial charge in [0.05, 0.1) is 24.6 Å². The minimum absolute atomic E-state index is 0.0463. The lowest BCUT2D eigenvalue weighted by molar-refractivity contribution is -0.130. The number of hydrogen-bond donors (Lipinski definition) is 1. The van der Waals surface area contributed by atoms with Gasteiger partial charge in [0.25, 0.3) is 0 Å². The number of aryl methyl sites for hydroxylation is 1. The van der Waals surface area contributed by atoms with E-state index in [2.05, 4.69) is 4.98 Å². The molecule has 0 aliphatic carbocycles. The Balaban J connectivity index is 1.76. The Hall–Kier alpha value is -2.08. The van der Waals surface area contributed by atoms with Crippen LogP contribution in [0.4, 0.5) is 5.69 Å². The Morgan fingerprint density at radius 2 is 2.29 bits per heavy atom. The van der Waals surface area contributed by atoms with E-state index in [-0.39, 0.29) is 5.91 Å². The fraction of sp³-hybridized carbons (Fsp3) is 0.333. The number of amides is 1. The second-order valence-corrected chi connectivity index (χ2v) is 6.09. The monoisotopic (exact) mass is 305 g/mol. The van der Waals surface area contributed by atoms with Crippen LogP contribution in [0.5, 0.6) is 5.75 Å². The summed E-state index contributed by atoms with van der Waals surface area (Å²) < 4.78 is 5.52. The van der Waals surface area contributed by atoms with Gasteiger partial charge in [0.1, 0.15) is 5.75 Å². The van der Waals surface area contributed by atoms with Crippen LogP contribution in [0.1, 0.15) is 16.3 Å². The van der Waals surface area contributed by atoms with Crippen LogP contribution in [0.2, 0.25) is 0 Å². The largest absolute Gasteiger partial charge is 0.493 e. The molecule has 0 saturated heterocycles. The fourth-order valence-electron chi connectivity index (χ4n) is 1.85. The number of carbonyl (C=O) groups excluding carboxylic acids is 1. The highest BCUT2D eigenvalue weighted by Gasteiger charge is 2.11. The average Bonchev–Trinajstić information content (AvgIpc) is 2.84. The van der Waals surface area contributed by atoms with E-state index >= 15 is 0 Å². The van der Waals surface area contributed by atoms with Gasteiger partial charge in [-0.1, -0.05) is 6.07 Å². The van der Waals surface area contributed by atoms with Crippen molar-refractivity contribution in [2.45, 2.75) is 19.9 Å². The van der Waals surface area contributed by atoms with Gasteiger partial charge in [-0.3, -0.25) is 4.79 Å². The first-order chi connectivity index (χ1) is 10.0. The smallest absolute Gasteiger partial charge is 0.226 e. The topological polar surface area (TPSA) is 68.5 Å². The van der Waals surface area contributed by atoms with Crippen molar-refractivity contribution in [3.63, 3.8) is 0 Å². The van der Waals surface area contributed by atoms with E-state index in [1.807, 2.05) is 25.3 Å². The summed E-state index contributed by atoms with van der Waals surface area (Å²) in [6.07, 6.45) is 2.15. The Bertz CT molecular complexity index is 612. The van der Waals surface area contributed by atoms with Crippen LogP contribution in [0.15, 0.2) is 30.5 Å². The number of nitrogens with two attached hydrogens (primary N) is 1. The Morgan fingerprint density at radius 1 is 1.48 bits per heavy atom. The molecule has 0 radical (unpaired) electrons. The number of benzene rings is 1. The third-order valence-electron chi connectivity index (χ3n) is 2.93. The maximum absolute atomic E-state index is 12.0. The molecule has 1 aromatic heterocycles. The zero-order valence-corrected chi connectivity index (χ0v) is 13.0. The maximum Gasteiger partial charge on any atom is 0.226 e. The van der Waals surface area contributed by atoms with Crippen LogP contribution in [0, 0.1) is 6.92 Å². The molecular formula is C15H19N3O2S. The number of nitrogen functional groups attached to an aromatic ring is 1. The molecule has 0 atom stereocenters. The van der Waals surface area contributed by atoms with Crippen LogP contribution in [-0.4, -0.2) is 29.4 Å². The number of anilines is 1. The van der Waals surface area contributed by atoms with Crippen LogP contribution in [-0.2, 0) is 11.3 Å². The lowest BCUT2D eigenvalue weighted by Gasteiger charge is -2.16. The number of ether oxygens (including phenoxy) is 1. The minimum atomic E-state index is 0.0463. The molecule has 0 fully saturated rings. The van der Waals surface area contributed by atoms with Crippen LogP contribution in [0.25, 0.3) is 0 Å². The van der Waals surface area contributed by atoms with E-state index in [0.29, 0.717) is 31.0 Å². The second kappa shape index (κ2) is 7.08. The minimum Gasteiger partial charge on any atom is -0.493 e. The molecule has 0 unspecified atom stereocenters. The molecule has 0 saturated carbocycles. The zero-order valence-electron chi connectivity index (χ0n) is 12.2. The first-order valence-electron chi connectivity index (χ1n) is 6.68. The van der Waals surface area contributed by atoms with E-state index in [1.54, 1.807) is 35.4 Å². The maximum atomic E-state index is 12.0. The second-order valence-electron chi connectivity index (χ2n) is 4.77. The number of rotatable bonds is 6. The van der Waals surface area contributed by atoms with Crippen LogP contribution in [0.3, 0.4) is 0 Å². The SMILES string of the molecule is Cc1ncc(CN(C)C(=O)CCOc2cccc(N)c2)s1. The highest BCUT2D eigenvalue weighted by Crippen LogP contribution is 2.16. The predicted molar refractivity (Wildman–Crippen MR) is 84.3 cm³/mol. The van der Waals surface area contributed by atoms with Gasteiger partial charge in [-0.15, -0.1) is 11.3 Å². The van der Waals surface area contributed by atoms with Gasteiger partial charge >= 0.3 is 0 Å². The van der Waals surface area contributed by atoms with E-state index in [4.69, 9.17) is 10.5 Å². The predicted octanol–water partition coefficient (Wildman–Crippen LogP) is 2.46. The van der Waals surface area contributed by atoms with Gasteiger partial charge in [-0.25, -0.2) is 4.98 Å². The molecular weight excluding hydrogens is 286 g/mol. The number of hydrogen-bond acceptors (Lipinski definition) is 5. The number of thiazole rings is 1. The van der Waals surface area contributed by atoms with Gasteiger partial charge in [0.15, 0.2) is 0 Å². The van der Waals surface area contributed by atoms with E-state index in [9.17, 15) is 4.79 Å². The van der Waals surface area contributed by atoms with E-state index in [1.165, 1.54) is 0 Å². The third-order valence-corrected chi connectivity index (χ3v) is 3.83. The summed E-state index contributed by atoms with van der Waals surface area (Å²) in [4.78, 5) is 19.0. The summed E-state index contributed by atoms with van der Waals surface area (Å²) in [5.74, 6) is 0.730. The van der Waals surface area contributed by atoms with E-state index < -0.39 is 0 Å². The molecule has 1 aromatic carbocycles. The standard InChI is InChI=1S/C15H19N3O2S/c1-11-17-9-14(21-11)10-18(2)15(19)6-7-20-13-5-3-4-12(16)8-13/h3-5,8-9H,6-7,10,16H2,1-2H3. The van der Waals surface area contributed by atoms with Gasteiger partial charge < -0.3 is 15.4 Å². The van der Waals surface area contributed by atoms with Crippen molar-refractivity contribution in [3.05, 3.63) is 40.3 Å². The summed E-state index contributed by atoms with van der Waals surface area (Å²) in [7, 11) is 1.79. The summed E-state index contributed by atoms with van der Waals surface area (Å²) in [6, 6.07) is 7.19. The Morgan fingerprint density at radius 3 is 2.95 bits per heavy atom.